The van der Waals surface area contributed by atoms with E-state index in [1.54, 1.807) is 0 Å². The topological polar surface area (TPSA) is 12.0 Å². The first-order valence-corrected chi connectivity index (χ1v) is 3.68. The van der Waals surface area contributed by atoms with Crippen molar-refractivity contribution in [2.24, 2.45) is 0 Å². The Bertz CT molecular complexity index is 37.8. The molecule has 0 aromatic carbocycles. The van der Waals surface area contributed by atoms with Gasteiger partial charge in [0, 0.05) is 0 Å². The standard InChI is InChI=1S/C5H10N.C3H7.ClH.Mg/c1-2-4-6-5-3-1;1-3-2;;/h1,6H,2-5H2;3H,1-2H3;1H;/q2*-1;;+2. The maximum absolute atomic E-state index is 3.25. The van der Waals surface area contributed by atoms with E-state index in [1.165, 1.54) is 25.9 Å². The zero-order chi connectivity index (χ0) is 6.95. The Morgan fingerprint density at radius 3 is 1.64 bits per heavy atom. The number of hydrogen-bond donors (Lipinski definition) is 1. The number of nitrogens with one attached hydrogen (secondary N) is 1. The van der Waals surface area contributed by atoms with Crippen molar-refractivity contribution >= 4 is 35.5 Å². The average molecular weight is 188 g/mol. The predicted molar refractivity (Wildman–Crippen MR) is 55.1 cm³/mol. The van der Waals surface area contributed by atoms with Gasteiger partial charge in [-0.05, 0) is 13.1 Å². The molecule has 0 unspecified atom stereocenters. The molecule has 1 heterocycles. The van der Waals surface area contributed by atoms with Crippen molar-refractivity contribution in [3.63, 3.8) is 0 Å². The van der Waals surface area contributed by atoms with Gasteiger partial charge in [0.15, 0.2) is 0 Å². The van der Waals surface area contributed by atoms with Gasteiger partial charge in [-0.15, -0.1) is 12.4 Å². The second-order valence-corrected chi connectivity index (χ2v) is 2.19. The number of piperidine rings is 1. The summed E-state index contributed by atoms with van der Waals surface area (Å²) in [5, 5.41) is 3.25. The first kappa shape index (κ1) is 17.9. The summed E-state index contributed by atoms with van der Waals surface area (Å²) in [6.45, 7) is 6.39. The molecule has 0 aromatic heterocycles. The van der Waals surface area contributed by atoms with Gasteiger partial charge in [-0.3, -0.25) is 0 Å². The van der Waals surface area contributed by atoms with Crippen molar-refractivity contribution in [1.29, 1.82) is 0 Å². The van der Waals surface area contributed by atoms with Crippen LogP contribution in [0.1, 0.15) is 26.7 Å². The molecule has 1 N–H and O–H groups in total. The zero-order valence-electron chi connectivity index (χ0n) is 7.60. The largest absolute Gasteiger partial charge is 2.00 e. The fraction of sp³-hybridized carbons (Fsp3) is 0.750. The Labute approximate surface area is 93.3 Å². The van der Waals surface area contributed by atoms with Crippen LogP contribution < -0.4 is 5.32 Å². The predicted octanol–water partition coefficient (Wildman–Crippen LogP) is 1.85. The van der Waals surface area contributed by atoms with Crippen LogP contribution >= 0.6 is 12.4 Å². The van der Waals surface area contributed by atoms with Crippen LogP contribution in [0.2, 0.25) is 0 Å². The van der Waals surface area contributed by atoms with Crippen molar-refractivity contribution in [3.8, 4) is 0 Å². The summed E-state index contributed by atoms with van der Waals surface area (Å²) in [6, 6.07) is 0. The van der Waals surface area contributed by atoms with E-state index in [0.717, 1.165) is 0 Å². The summed E-state index contributed by atoms with van der Waals surface area (Å²) in [4.78, 5) is 0. The molecule has 0 radical (unpaired) electrons. The van der Waals surface area contributed by atoms with Gasteiger partial charge >= 0.3 is 23.1 Å². The minimum Gasteiger partial charge on any atom is -0.335 e. The van der Waals surface area contributed by atoms with Gasteiger partial charge in [-0.2, -0.15) is 26.7 Å². The zero-order valence-corrected chi connectivity index (χ0v) is 9.83. The van der Waals surface area contributed by atoms with E-state index in [4.69, 9.17) is 0 Å². The van der Waals surface area contributed by atoms with Gasteiger partial charge < -0.3 is 18.2 Å². The smallest absolute Gasteiger partial charge is 0.335 e. The van der Waals surface area contributed by atoms with Crippen molar-refractivity contribution < 1.29 is 0 Å². The number of halogens is 1. The fourth-order valence-electron chi connectivity index (χ4n) is 0.678. The Morgan fingerprint density at radius 2 is 1.55 bits per heavy atom. The molecule has 0 aromatic rings. The summed E-state index contributed by atoms with van der Waals surface area (Å²) >= 11 is 0. The molecule has 3 heteroatoms. The first-order valence-electron chi connectivity index (χ1n) is 3.68. The van der Waals surface area contributed by atoms with Crippen molar-refractivity contribution in [2.75, 3.05) is 13.1 Å². The molecular weight excluding hydrogens is 170 g/mol. The molecule has 1 rings (SSSR count). The van der Waals surface area contributed by atoms with Crippen LogP contribution in [-0.4, -0.2) is 36.1 Å². The summed E-state index contributed by atoms with van der Waals surface area (Å²) in [5.74, 6) is 0. The van der Waals surface area contributed by atoms with Crippen LogP contribution in [-0.2, 0) is 0 Å². The Balaban J connectivity index is -0.000000116. The maximum atomic E-state index is 3.25. The monoisotopic (exact) mass is 187 g/mol. The van der Waals surface area contributed by atoms with Crippen LogP contribution in [0.15, 0.2) is 0 Å². The Morgan fingerprint density at radius 1 is 1.18 bits per heavy atom. The third-order valence-electron chi connectivity index (χ3n) is 1.05. The van der Waals surface area contributed by atoms with Gasteiger partial charge in [-0.25, -0.2) is 0 Å². The molecule has 1 fully saturated rings. The molecule has 1 nitrogen and oxygen atoms in total. The molecule has 11 heavy (non-hydrogen) atoms. The molecule has 64 valence electrons. The molecule has 0 aliphatic carbocycles. The summed E-state index contributed by atoms with van der Waals surface area (Å²) < 4.78 is 0. The fourth-order valence-corrected chi connectivity index (χ4v) is 0.678. The third-order valence-corrected chi connectivity index (χ3v) is 1.05. The van der Waals surface area contributed by atoms with Gasteiger partial charge in [0.25, 0.3) is 0 Å². The molecule has 0 bridgehead atoms. The minimum absolute atomic E-state index is 0. The quantitative estimate of drug-likeness (QED) is 0.451. The van der Waals surface area contributed by atoms with E-state index in [2.05, 4.69) is 11.7 Å². The summed E-state index contributed by atoms with van der Waals surface area (Å²) in [7, 11) is 0. The summed E-state index contributed by atoms with van der Waals surface area (Å²) in [6.07, 6.45) is 6.86. The van der Waals surface area contributed by atoms with Crippen LogP contribution in [0.4, 0.5) is 0 Å². The molecule has 1 aliphatic heterocycles. The molecule has 0 saturated carbocycles. The van der Waals surface area contributed by atoms with Gasteiger partial charge in [0.2, 0.25) is 0 Å². The first-order chi connectivity index (χ1) is 4.41. The minimum atomic E-state index is 0. The van der Waals surface area contributed by atoms with E-state index in [9.17, 15) is 0 Å². The van der Waals surface area contributed by atoms with E-state index >= 15 is 0 Å². The van der Waals surface area contributed by atoms with Crippen LogP contribution in [0, 0.1) is 12.8 Å². The van der Waals surface area contributed by atoms with Gasteiger partial charge in [-0.1, -0.05) is 0 Å². The average Bonchev–Trinajstić information content (AvgIpc) is 1.93. The number of hydrogen-bond acceptors (Lipinski definition) is 1. The Kier molecular flexibility index (Phi) is 28.0. The second-order valence-electron chi connectivity index (χ2n) is 2.19. The molecular formula is C8H18ClMgN. The van der Waals surface area contributed by atoms with E-state index in [-0.39, 0.29) is 35.5 Å². The molecule has 0 amide bonds. The van der Waals surface area contributed by atoms with Crippen LogP contribution in [0.25, 0.3) is 0 Å². The van der Waals surface area contributed by atoms with Crippen LogP contribution in [0.5, 0.6) is 0 Å². The number of rotatable bonds is 0. The SMILES string of the molecule is C[CH-]C.Cl.[CH-]1CCNCC1.[Mg+2]. The third kappa shape index (κ3) is 18.2. The maximum Gasteiger partial charge on any atom is 2.00 e. The second kappa shape index (κ2) is 17.2. The van der Waals surface area contributed by atoms with Gasteiger partial charge in [0.1, 0.15) is 0 Å². The van der Waals surface area contributed by atoms with E-state index in [1.807, 2.05) is 20.3 Å². The molecule has 1 saturated heterocycles. The normalized spacial score (nSPS) is 14.7. The van der Waals surface area contributed by atoms with E-state index in [0.29, 0.717) is 0 Å². The Hall–Kier alpha value is 1.02. The summed E-state index contributed by atoms with van der Waals surface area (Å²) in [5.41, 5.74) is 0. The molecule has 0 atom stereocenters. The van der Waals surface area contributed by atoms with Crippen molar-refractivity contribution in [2.45, 2.75) is 26.7 Å². The van der Waals surface area contributed by atoms with Crippen molar-refractivity contribution in [1.82, 2.24) is 5.32 Å². The molecule has 1 aliphatic rings. The van der Waals surface area contributed by atoms with Gasteiger partial charge in [0.05, 0.1) is 0 Å². The van der Waals surface area contributed by atoms with E-state index < -0.39 is 0 Å². The van der Waals surface area contributed by atoms with Crippen molar-refractivity contribution in [3.05, 3.63) is 12.8 Å². The van der Waals surface area contributed by atoms with Crippen LogP contribution in [0.3, 0.4) is 0 Å². The molecule has 0 spiro atoms.